The summed E-state index contributed by atoms with van der Waals surface area (Å²) in [5, 5.41) is 4.33. The molecule has 2 heterocycles. The highest BCUT2D eigenvalue weighted by Gasteiger charge is 2.37. The van der Waals surface area contributed by atoms with Gasteiger partial charge in [-0.3, -0.25) is 14.3 Å². The van der Waals surface area contributed by atoms with Gasteiger partial charge in [-0.15, -0.1) is 0 Å². The Bertz CT molecular complexity index is 577. The molecule has 1 saturated heterocycles. The van der Waals surface area contributed by atoms with E-state index in [0.29, 0.717) is 32.0 Å². The molecule has 1 amide bonds. The lowest BCUT2D eigenvalue weighted by Gasteiger charge is -2.15. The van der Waals surface area contributed by atoms with Gasteiger partial charge in [-0.1, -0.05) is 0 Å². The summed E-state index contributed by atoms with van der Waals surface area (Å²) in [6.07, 6.45) is 2.72. The van der Waals surface area contributed by atoms with Crippen LogP contribution in [0.25, 0.3) is 0 Å². The number of amides is 1. The normalized spacial score (nSPS) is 21.5. The van der Waals surface area contributed by atoms with Gasteiger partial charge in [0, 0.05) is 25.2 Å². The van der Waals surface area contributed by atoms with E-state index >= 15 is 0 Å². The molecule has 1 aromatic heterocycles. The Morgan fingerprint density at radius 3 is 2.82 bits per heavy atom. The summed E-state index contributed by atoms with van der Waals surface area (Å²) < 4.78 is 7.17. The van der Waals surface area contributed by atoms with Crippen molar-refractivity contribution < 1.29 is 14.3 Å². The van der Waals surface area contributed by atoms with Crippen molar-refractivity contribution in [2.45, 2.75) is 39.7 Å². The van der Waals surface area contributed by atoms with Crippen LogP contribution in [0, 0.1) is 25.7 Å². The van der Waals surface area contributed by atoms with E-state index in [9.17, 15) is 9.59 Å². The molecule has 6 nitrogen and oxygen atoms in total. The molecule has 0 N–H and O–H groups in total. The summed E-state index contributed by atoms with van der Waals surface area (Å²) in [5.41, 5.74) is 2.01. The Hall–Kier alpha value is -1.85. The van der Waals surface area contributed by atoms with Crippen LogP contribution in [0.2, 0.25) is 0 Å². The fraction of sp³-hybridized carbons (Fsp3) is 0.688. The average molecular weight is 305 g/mol. The van der Waals surface area contributed by atoms with Crippen LogP contribution >= 0.6 is 0 Å². The fourth-order valence-electron chi connectivity index (χ4n) is 2.97. The van der Waals surface area contributed by atoms with Crippen LogP contribution < -0.4 is 0 Å². The molecule has 1 aliphatic carbocycles. The average Bonchev–Trinajstić information content (AvgIpc) is 3.12. The first-order valence-corrected chi connectivity index (χ1v) is 7.98. The van der Waals surface area contributed by atoms with Crippen LogP contribution in [-0.2, 0) is 20.9 Å². The Labute approximate surface area is 130 Å². The zero-order chi connectivity index (χ0) is 15.7. The van der Waals surface area contributed by atoms with E-state index in [1.54, 1.807) is 0 Å². The number of aromatic nitrogens is 2. The molecule has 3 rings (SSSR count). The van der Waals surface area contributed by atoms with E-state index in [2.05, 4.69) is 5.10 Å². The zero-order valence-electron chi connectivity index (χ0n) is 13.2. The first-order valence-electron chi connectivity index (χ1n) is 7.98. The molecule has 0 unspecified atom stereocenters. The Morgan fingerprint density at radius 1 is 1.41 bits per heavy atom. The molecule has 6 heteroatoms. The highest BCUT2D eigenvalue weighted by Crippen LogP contribution is 2.32. The topological polar surface area (TPSA) is 64.4 Å². The van der Waals surface area contributed by atoms with E-state index in [0.717, 1.165) is 17.9 Å². The molecule has 0 spiro atoms. The minimum Gasteiger partial charge on any atom is -0.463 e. The third-order valence-corrected chi connectivity index (χ3v) is 4.37. The number of rotatable bonds is 6. The van der Waals surface area contributed by atoms with Gasteiger partial charge in [0.15, 0.2) is 0 Å². The predicted octanol–water partition coefficient (Wildman–Crippen LogP) is 1.30. The largest absolute Gasteiger partial charge is 0.463 e. The summed E-state index contributed by atoms with van der Waals surface area (Å²) >= 11 is 0. The van der Waals surface area contributed by atoms with Crippen molar-refractivity contribution in [1.82, 2.24) is 14.7 Å². The van der Waals surface area contributed by atoms with Crippen LogP contribution in [0.1, 0.15) is 30.7 Å². The van der Waals surface area contributed by atoms with Crippen molar-refractivity contribution >= 4 is 11.9 Å². The van der Waals surface area contributed by atoms with Gasteiger partial charge in [-0.05, 0) is 38.7 Å². The molecule has 1 aliphatic heterocycles. The molecule has 0 bridgehead atoms. The van der Waals surface area contributed by atoms with Gasteiger partial charge >= 0.3 is 5.97 Å². The first kappa shape index (κ1) is 15.1. The van der Waals surface area contributed by atoms with E-state index in [4.69, 9.17) is 4.74 Å². The van der Waals surface area contributed by atoms with Gasteiger partial charge in [0.25, 0.3) is 0 Å². The van der Waals surface area contributed by atoms with Gasteiger partial charge in [0.1, 0.15) is 6.61 Å². The van der Waals surface area contributed by atoms with Crippen LogP contribution in [0.5, 0.6) is 0 Å². The number of carbonyl (C=O) groups excluding carboxylic acids is 2. The highest BCUT2D eigenvalue weighted by atomic mass is 16.5. The van der Waals surface area contributed by atoms with Gasteiger partial charge in [0.2, 0.25) is 5.91 Å². The number of likely N-dealkylation sites (tertiary alicyclic amines) is 1. The third kappa shape index (κ3) is 3.48. The van der Waals surface area contributed by atoms with E-state index in [1.165, 1.54) is 12.8 Å². The van der Waals surface area contributed by atoms with Gasteiger partial charge in [-0.2, -0.15) is 5.10 Å². The fourth-order valence-corrected chi connectivity index (χ4v) is 2.97. The maximum atomic E-state index is 12.1. The van der Waals surface area contributed by atoms with E-state index in [1.807, 2.05) is 29.5 Å². The van der Waals surface area contributed by atoms with Crippen LogP contribution in [0.4, 0.5) is 0 Å². The summed E-state index contributed by atoms with van der Waals surface area (Å²) in [6.45, 7) is 6.11. The van der Waals surface area contributed by atoms with Crippen molar-refractivity contribution in [3.63, 3.8) is 0 Å². The second-order valence-corrected chi connectivity index (χ2v) is 6.46. The molecule has 1 aromatic rings. The summed E-state index contributed by atoms with van der Waals surface area (Å²) in [7, 11) is 0. The van der Waals surface area contributed by atoms with E-state index in [-0.39, 0.29) is 17.8 Å². The standard InChI is InChI=1S/C16H23N3O3/c1-11-7-12(2)19(17-11)5-6-22-16(21)14-8-15(20)18(10-14)9-13-3-4-13/h7,13-14H,3-6,8-10H2,1-2H3/t14-/m1/s1. The van der Waals surface area contributed by atoms with Crippen molar-refractivity contribution in [1.29, 1.82) is 0 Å². The number of hydrogen-bond donors (Lipinski definition) is 0. The minimum absolute atomic E-state index is 0.0902. The SMILES string of the molecule is Cc1cc(C)n(CCOC(=O)[C@@H]2CC(=O)N(CC3CC3)C2)n1. The molecule has 22 heavy (non-hydrogen) atoms. The van der Waals surface area contributed by atoms with Crippen molar-refractivity contribution in [2.75, 3.05) is 19.7 Å². The van der Waals surface area contributed by atoms with Gasteiger partial charge < -0.3 is 9.64 Å². The number of aryl methyl sites for hydroxylation is 2. The molecule has 0 aromatic carbocycles. The van der Waals surface area contributed by atoms with Crippen molar-refractivity contribution in [3.8, 4) is 0 Å². The minimum atomic E-state index is -0.299. The molecular formula is C16H23N3O3. The number of carbonyl (C=O) groups is 2. The Kier molecular flexibility index (Phi) is 4.18. The lowest BCUT2D eigenvalue weighted by atomic mass is 10.1. The quantitative estimate of drug-likeness (QED) is 0.743. The maximum Gasteiger partial charge on any atom is 0.311 e. The summed E-state index contributed by atoms with van der Waals surface area (Å²) in [4.78, 5) is 25.8. The maximum absolute atomic E-state index is 12.1. The first-order chi connectivity index (χ1) is 10.5. The second-order valence-electron chi connectivity index (χ2n) is 6.46. The summed E-state index contributed by atoms with van der Waals surface area (Å²) in [5.74, 6) is 0.192. The number of esters is 1. The molecule has 2 fully saturated rings. The lowest BCUT2D eigenvalue weighted by Crippen LogP contribution is -2.29. The van der Waals surface area contributed by atoms with E-state index < -0.39 is 0 Å². The van der Waals surface area contributed by atoms with Crippen molar-refractivity contribution in [3.05, 3.63) is 17.5 Å². The number of hydrogen-bond acceptors (Lipinski definition) is 4. The molecule has 0 radical (unpaired) electrons. The van der Waals surface area contributed by atoms with Gasteiger partial charge in [0.05, 0.1) is 18.2 Å². The van der Waals surface area contributed by atoms with Crippen LogP contribution in [-0.4, -0.2) is 46.3 Å². The number of nitrogens with zero attached hydrogens (tertiary/aromatic N) is 3. The number of ether oxygens (including phenoxy) is 1. The lowest BCUT2D eigenvalue weighted by molar-refractivity contribution is -0.148. The van der Waals surface area contributed by atoms with Crippen LogP contribution in [0.3, 0.4) is 0 Å². The van der Waals surface area contributed by atoms with Crippen LogP contribution in [0.15, 0.2) is 6.07 Å². The zero-order valence-corrected chi connectivity index (χ0v) is 13.2. The van der Waals surface area contributed by atoms with Crippen molar-refractivity contribution in [2.24, 2.45) is 11.8 Å². The molecule has 1 atom stereocenters. The Balaban J connectivity index is 1.44. The third-order valence-electron chi connectivity index (χ3n) is 4.37. The monoisotopic (exact) mass is 305 g/mol. The molecule has 120 valence electrons. The summed E-state index contributed by atoms with van der Waals surface area (Å²) in [6, 6.07) is 1.99. The van der Waals surface area contributed by atoms with Gasteiger partial charge in [-0.25, -0.2) is 0 Å². The second kappa shape index (κ2) is 6.10. The highest BCUT2D eigenvalue weighted by molar-refractivity contribution is 5.86. The molecule has 2 aliphatic rings. The smallest absolute Gasteiger partial charge is 0.311 e. The predicted molar refractivity (Wildman–Crippen MR) is 80.1 cm³/mol. The molecule has 1 saturated carbocycles. The Morgan fingerprint density at radius 2 is 2.18 bits per heavy atom. The molecular weight excluding hydrogens is 282 g/mol.